The van der Waals surface area contributed by atoms with Crippen LogP contribution in [0, 0.1) is 13.8 Å². The largest absolute Gasteiger partial charge is 0.467 e. The average molecular weight is 467 g/mol. The minimum atomic E-state index is 0.107. The fourth-order valence-electron chi connectivity index (χ4n) is 4.07. The van der Waals surface area contributed by atoms with E-state index in [-0.39, 0.29) is 5.78 Å². The average Bonchev–Trinajstić information content (AvgIpc) is 3.18. The molecule has 0 radical (unpaired) electrons. The zero-order valence-corrected chi connectivity index (χ0v) is 19.5. The quantitative estimate of drug-likeness (QED) is 0.236. The summed E-state index contributed by atoms with van der Waals surface area (Å²) in [6, 6.07) is 13.8. The number of furan rings is 1. The van der Waals surface area contributed by atoms with Crippen molar-refractivity contribution >= 4 is 29.1 Å². The molecule has 3 heterocycles. The SMILES string of the molecule is Cc1cc(C(=O)CSc2nnc(-c3ccc(Cl)cc3)n2Cc2ccco2)c(C)n1C1CC1. The molecule has 0 atom stereocenters. The van der Waals surface area contributed by atoms with Crippen LogP contribution in [0.1, 0.15) is 46.4 Å². The number of carbonyl (C=O) groups is 1. The molecule has 5 rings (SSSR count). The van der Waals surface area contributed by atoms with Crippen LogP contribution in [-0.4, -0.2) is 30.9 Å². The first-order valence-corrected chi connectivity index (χ1v) is 11.9. The highest BCUT2D eigenvalue weighted by Gasteiger charge is 2.28. The maximum atomic E-state index is 13.1. The van der Waals surface area contributed by atoms with E-state index in [1.807, 2.05) is 54.0 Å². The van der Waals surface area contributed by atoms with E-state index in [0.29, 0.717) is 34.3 Å². The van der Waals surface area contributed by atoms with Crippen LogP contribution in [0.15, 0.2) is 58.3 Å². The second-order valence-electron chi connectivity index (χ2n) is 8.08. The van der Waals surface area contributed by atoms with Gasteiger partial charge in [0, 0.05) is 33.6 Å². The number of nitrogens with zero attached hydrogens (tertiary/aromatic N) is 4. The molecule has 0 N–H and O–H groups in total. The van der Waals surface area contributed by atoms with Gasteiger partial charge in [0.1, 0.15) is 5.76 Å². The van der Waals surface area contributed by atoms with E-state index in [0.717, 1.165) is 28.3 Å². The number of hydrogen-bond donors (Lipinski definition) is 0. The zero-order chi connectivity index (χ0) is 22.2. The van der Waals surface area contributed by atoms with E-state index in [9.17, 15) is 4.79 Å². The van der Waals surface area contributed by atoms with Crippen LogP contribution < -0.4 is 0 Å². The minimum Gasteiger partial charge on any atom is -0.467 e. The lowest BCUT2D eigenvalue weighted by molar-refractivity contribution is 0.102. The van der Waals surface area contributed by atoms with Crippen LogP contribution >= 0.6 is 23.4 Å². The van der Waals surface area contributed by atoms with Gasteiger partial charge in [-0.25, -0.2) is 0 Å². The maximum Gasteiger partial charge on any atom is 0.192 e. The molecule has 1 aliphatic rings. The van der Waals surface area contributed by atoms with Crippen LogP contribution in [0.5, 0.6) is 0 Å². The van der Waals surface area contributed by atoms with Crippen LogP contribution in [0.3, 0.4) is 0 Å². The van der Waals surface area contributed by atoms with E-state index >= 15 is 0 Å². The Hall–Kier alpha value is -2.77. The van der Waals surface area contributed by atoms with Gasteiger partial charge in [0.05, 0.1) is 18.6 Å². The van der Waals surface area contributed by atoms with Crippen LogP contribution in [0.25, 0.3) is 11.4 Å². The number of ketones is 1. The monoisotopic (exact) mass is 466 g/mol. The van der Waals surface area contributed by atoms with E-state index in [2.05, 4.69) is 21.7 Å². The summed E-state index contributed by atoms with van der Waals surface area (Å²) in [6.07, 6.45) is 4.04. The molecular weight excluding hydrogens is 444 g/mol. The molecular formula is C24H23ClN4O2S. The van der Waals surface area contributed by atoms with Gasteiger partial charge in [-0.1, -0.05) is 23.4 Å². The number of rotatable bonds is 8. The van der Waals surface area contributed by atoms with Crippen molar-refractivity contribution < 1.29 is 9.21 Å². The van der Waals surface area contributed by atoms with Crippen LogP contribution in [-0.2, 0) is 6.54 Å². The predicted molar refractivity (Wildman–Crippen MR) is 126 cm³/mol. The summed E-state index contributed by atoms with van der Waals surface area (Å²) in [7, 11) is 0. The molecule has 32 heavy (non-hydrogen) atoms. The fraction of sp³-hybridized carbons (Fsp3) is 0.292. The molecule has 4 aromatic rings. The molecule has 8 heteroatoms. The Morgan fingerprint density at radius 1 is 1.19 bits per heavy atom. The number of hydrogen-bond acceptors (Lipinski definition) is 5. The molecule has 0 unspecified atom stereocenters. The highest BCUT2D eigenvalue weighted by Crippen LogP contribution is 2.38. The highest BCUT2D eigenvalue weighted by molar-refractivity contribution is 7.99. The third kappa shape index (κ3) is 4.14. The van der Waals surface area contributed by atoms with Gasteiger partial charge in [0.25, 0.3) is 0 Å². The molecule has 0 amide bonds. The van der Waals surface area contributed by atoms with Crippen LogP contribution in [0.2, 0.25) is 5.02 Å². The second-order valence-corrected chi connectivity index (χ2v) is 9.46. The third-order valence-corrected chi connectivity index (χ3v) is 6.96. The van der Waals surface area contributed by atoms with Crippen molar-refractivity contribution in [3.05, 3.63) is 76.5 Å². The van der Waals surface area contributed by atoms with Gasteiger partial charge in [-0.3, -0.25) is 9.36 Å². The second kappa shape index (κ2) is 8.64. The van der Waals surface area contributed by atoms with E-state index in [1.54, 1.807) is 6.26 Å². The Bertz CT molecular complexity index is 1250. The van der Waals surface area contributed by atoms with Gasteiger partial charge in [0.15, 0.2) is 16.8 Å². The first-order valence-electron chi connectivity index (χ1n) is 10.6. The molecule has 1 saturated carbocycles. The summed E-state index contributed by atoms with van der Waals surface area (Å²) < 4.78 is 9.83. The number of halogens is 1. The van der Waals surface area contributed by atoms with Crippen molar-refractivity contribution in [3.8, 4) is 11.4 Å². The number of benzene rings is 1. The summed E-state index contributed by atoms with van der Waals surface area (Å²) in [5.74, 6) is 1.91. The summed E-state index contributed by atoms with van der Waals surface area (Å²) >= 11 is 7.45. The number of thioether (sulfide) groups is 1. The molecule has 1 aromatic carbocycles. The maximum absolute atomic E-state index is 13.1. The Balaban J connectivity index is 1.40. The summed E-state index contributed by atoms with van der Waals surface area (Å²) in [4.78, 5) is 13.1. The minimum absolute atomic E-state index is 0.107. The lowest BCUT2D eigenvalue weighted by Gasteiger charge is -2.09. The first-order chi connectivity index (χ1) is 15.5. The fourth-order valence-corrected chi connectivity index (χ4v) is 5.02. The first kappa shape index (κ1) is 21.1. The lowest BCUT2D eigenvalue weighted by Crippen LogP contribution is -2.08. The highest BCUT2D eigenvalue weighted by atomic mass is 35.5. The van der Waals surface area contributed by atoms with Crippen molar-refractivity contribution in [2.75, 3.05) is 5.75 Å². The normalized spacial score (nSPS) is 13.6. The van der Waals surface area contributed by atoms with Gasteiger partial charge >= 0.3 is 0 Å². The Labute approximate surface area is 195 Å². The molecule has 3 aromatic heterocycles. The van der Waals surface area contributed by atoms with E-state index < -0.39 is 0 Å². The number of Topliss-reactive ketones (excluding diaryl/α,β-unsaturated/α-hetero) is 1. The molecule has 1 fully saturated rings. The summed E-state index contributed by atoms with van der Waals surface area (Å²) in [5.41, 5.74) is 3.93. The number of aryl methyl sites for hydroxylation is 1. The zero-order valence-electron chi connectivity index (χ0n) is 17.9. The smallest absolute Gasteiger partial charge is 0.192 e. The standard InChI is InChI=1S/C24H23ClN4O2S/c1-15-12-21(16(2)29(15)19-9-10-19)22(30)14-32-24-27-26-23(17-5-7-18(25)8-6-17)28(24)13-20-4-3-11-31-20/h3-8,11-12,19H,9-10,13-14H2,1-2H3. The molecule has 0 saturated heterocycles. The van der Waals surface area contributed by atoms with Crippen molar-refractivity contribution in [3.63, 3.8) is 0 Å². The topological polar surface area (TPSA) is 65.8 Å². The molecule has 1 aliphatic carbocycles. The molecule has 164 valence electrons. The number of carbonyl (C=O) groups excluding carboxylic acids is 1. The lowest BCUT2D eigenvalue weighted by atomic mass is 10.2. The molecule has 0 aliphatic heterocycles. The Morgan fingerprint density at radius 2 is 1.97 bits per heavy atom. The Kier molecular flexibility index (Phi) is 5.69. The Morgan fingerprint density at radius 3 is 2.66 bits per heavy atom. The third-order valence-electron chi connectivity index (χ3n) is 5.74. The summed E-state index contributed by atoms with van der Waals surface area (Å²) in [6.45, 7) is 4.60. The van der Waals surface area contributed by atoms with Crippen LogP contribution in [0.4, 0.5) is 0 Å². The van der Waals surface area contributed by atoms with E-state index in [1.165, 1.54) is 24.6 Å². The van der Waals surface area contributed by atoms with Crippen molar-refractivity contribution in [1.29, 1.82) is 0 Å². The van der Waals surface area contributed by atoms with Gasteiger partial charge < -0.3 is 8.98 Å². The van der Waals surface area contributed by atoms with Crippen molar-refractivity contribution in [2.24, 2.45) is 0 Å². The summed E-state index contributed by atoms with van der Waals surface area (Å²) in [5, 5.41) is 10.1. The van der Waals surface area contributed by atoms with Crippen molar-refractivity contribution in [2.45, 2.75) is 44.4 Å². The molecule has 6 nitrogen and oxygen atoms in total. The van der Waals surface area contributed by atoms with Gasteiger partial charge in [-0.2, -0.15) is 0 Å². The predicted octanol–water partition coefficient (Wildman–Crippen LogP) is 5.97. The molecule has 0 bridgehead atoms. The van der Waals surface area contributed by atoms with Crippen molar-refractivity contribution in [1.82, 2.24) is 19.3 Å². The van der Waals surface area contributed by atoms with Gasteiger partial charge in [0.2, 0.25) is 0 Å². The van der Waals surface area contributed by atoms with Gasteiger partial charge in [-0.15, -0.1) is 10.2 Å². The van der Waals surface area contributed by atoms with E-state index in [4.69, 9.17) is 16.0 Å². The molecule has 0 spiro atoms. The van der Waals surface area contributed by atoms with Gasteiger partial charge in [-0.05, 0) is 69.2 Å². The number of aromatic nitrogens is 4.